The minimum Gasteiger partial charge on any atom is -0.494 e. The van der Waals surface area contributed by atoms with E-state index in [-0.39, 0.29) is 57.1 Å². The van der Waals surface area contributed by atoms with Crippen LogP contribution in [0, 0.1) is 0 Å². The highest BCUT2D eigenvalue weighted by molar-refractivity contribution is 7.99. The SMILES string of the molecule is CCN(CC)c1cc(Nc2nc(Nc3cc(N(CC)CC)c(OC)cc3/N=N/C3C=C(S(=O)(=O)O)C=CC3OC)nc(SCCO)n2)c(/N=N/c2cc(S(=O)(=O)O)ccc2OC)cc1OC. The minimum atomic E-state index is -4.59. The Balaban J connectivity index is 1.67. The van der Waals surface area contributed by atoms with Gasteiger partial charge in [-0.05, 0) is 70.2 Å². The third-order valence-electron chi connectivity index (χ3n) is 9.94. The fraction of sp³-hybridized carbons (Fsp3) is 0.390. The normalized spacial score (nSPS) is 15.2. The van der Waals surface area contributed by atoms with Crippen molar-refractivity contribution in [3.05, 3.63) is 65.6 Å². The van der Waals surface area contributed by atoms with E-state index >= 15 is 0 Å². The molecule has 25 heteroatoms. The van der Waals surface area contributed by atoms with Gasteiger partial charge in [-0.25, -0.2) is 0 Å². The summed E-state index contributed by atoms with van der Waals surface area (Å²) in [5.74, 6) is 1.41. The number of thioether (sulfide) groups is 1. The maximum atomic E-state index is 12.0. The molecule has 0 amide bonds. The van der Waals surface area contributed by atoms with Gasteiger partial charge in [-0.3, -0.25) is 9.11 Å². The topological polar surface area (TPSA) is 285 Å². The van der Waals surface area contributed by atoms with E-state index in [4.69, 9.17) is 23.9 Å². The number of allylic oxidation sites excluding steroid dienone is 1. The summed E-state index contributed by atoms with van der Waals surface area (Å²) >= 11 is 1.16. The van der Waals surface area contributed by atoms with Crippen molar-refractivity contribution in [3.63, 3.8) is 0 Å². The zero-order chi connectivity index (χ0) is 48.2. The molecule has 2 atom stereocenters. The molecule has 4 aromatic rings. The lowest BCUT2D eigenvalue weighted by atomic mass is 10.1. The molecule has 356 valence electrons. The first-order chi connectivity index (χ1) is 31.5. The van der Waals surface area contributed by atoms with Gasteiger partial charge >= 0.3 is 0 Å². The van der Waals surface area contributed by atoms with Crippen LogP contribution in [0.15, 0.2) is 96.1 Å². The summed E-state index contributed by atoms with van der Waals surface area (Å²) < 4.78 is 90.0. The number of aliphatic hydroxyl groups excluding tert-OH is 1. The molecule has 2 unspecified atom stereocenters. The van der Waals surface area contributed by atoms with Gasteiger partial charge in [0.2, 0.25) is 11.9 Å². The van der Waals surface area contributed by atoms with Gasteiger partial charge in [-0.15, -0.1) is 10.2 Å². The third kappa shape index (κ3) is 12.7. The van der Waals surface area contributed by atoms with Gasteiger partial charge in [0.05, 0.1) is 60.5 Å². The number of anilines is 6. The molecule has 5 N–H and O–H groups in total. The molecule has 1 aromatic heterocycles. The molecule has 3 aromatic carbocycles. The second-order valence-corrected chi connectivity index (χ2v) is 17.7. The molecule has 1 aliphatic carbocycles. The molecule has 0 spiro atoms. The Hall–Kier alpha value is -5.96. The van der Waals surface area contributed by atoms with Crippen LogP contribution in [0.1, 0.15) is 27.7 Å². The van der Waals surface area contributed by atoms with E-state index in [0.29, 0.717) is 60.4 Å². The van der Waals surface area contributed by atoms with Crippen LogP contribution >= 0.6 is 11.8 Å². The molecule has 0 aliphatic heterocycles. The Morgan fingerprint density at radius 3 is 1.70 bits per heavy atom. The van der Waals surface area contributed by atoms with Crippen molar-refractivity contribution >= 4 is 83.7 Å². The van der Waals surface area contributed by atoms with Crippen LogP contribution in [-0.2, 0) is 25.0 Å². The number of hydrogen-bond acceptors (Lipinski definition) is 21. The largest absolute Gasteiger partial charge is 0.494 e. The molecular weight excluding hydrogens is 919 g/mol. The summed E-state index contributed by atoms with van der Waals surface area (Å²) in [6.07, 6.45) is 3.22. The number of hydrogen-bond donors (Lipinski definition) is 5. The zero-order valence-corrected chi connectivity index (χ0v) is 40.0. The smallest absolute Gasteiger partial charge is 0.294 e. The fourth-order valence-electron chi connectivity index (χ4n) is 6.60. The van der Waals surface area contributed by atoms with Crippen LogP contribution in [-0.4, -0.2) is 125 Å². The van der Waals surface area contributed by atoms with Crippen molar-refractivity contribution in [1.29, 1.82) is 0 Å². The average Bonchev–Trinajstić information content (AvgIpc) is 3.30. The number of ether oxygens (including phenoxy) is 4. The van der Waals surface area contributed by atoms with Gasteiger partial charge < -0.3 is 44.5 Å². The van der Waals surface area contributed by atoms with Gasteiger partial charge in [0.1, 0.15) is 46.5 Å². The molecule has 0 fully saturated rings. The van der Waals surface area contributed by atoms with E-state index in [1.54, 1.807) is 24.3 Å². The van der Waals surface area contributed by atoms with Crippen LogP contribution in [0.25, 0.3) is 0 Å². The number of nitrogens with one attached hydrogen (secondary N) is 2. The van der Waals surface area contributed by atoms with Crippen LogP contribution in [0.2, 0.25) is 0 Å². The highest BCUT2D eigenvalue weighted by Crippen LogP contribution is 2.43. The lowest BCUT2D eigenvalue weighted by Gasteiger charge is -2.25. The first-order valence-corrected chi connectivity index (χ1v) is 24.3. The number of rotatable bonds is 23. The molecule has 0 radical (unpaired) electrons. The lowest BCUT2D eigenvalue weighted by molar-refractivity contribution is 0.128. The lowest BCUT2D eigenvalue weighted by Crippen LogP contribution is -2.26. The maximum absolute atomic E-state index is 12.0. The number of aromatic nitrogens is 3. The first kappa shape index (κ1) is 51.0. The van der Waals surface area contributed by atoms with Crippen LogP contribution in [0.3, 0.4) is 0 Å². The first-order valence-electron chi connectivity index (χ1n) is 20.4. The second-order valence-electron chi connectivity index (χ2n) is 13.8. The highest BCUT2D eigenvalue weighted by Gasteiger charge is 2.26. The van der Waals surface area contributed by atoms with Gasteiger partial charge in [0, 0.05) is 51.2 Å². The number of benzene rings is 3. The zero-order valence-electron chi connectivity index (χ0n) is 37.5. The average molecular weight is 972 g/mol. The predicted molar refractivity (Wildman–Crippen MR) is 252 cm³/mol. The summed E-state index contributed by atoms with van der Waals surface area (Å²) in [7, 11) is -3.30. The van der Waals surface area contributed by atoms with E-state index in [1.807, 2.05) is 27.7 Å². The predicted octanol–water partition coefficient (Wildman–Crippen LogP) is 7.63. The summed E-state index contributed by atoms with van der Waals surface area (Å²) in [6, 6.07) is 9.53. The molecule has 66 heavy (non-hydrogen) atoms. The van der Waals surface area contributed by atoms with E-state index < -0.39 is 37.3 Å². The van der Waals surface area contributed by atoms with Crippen molar-refractivity contribution in [2.75, 3.05) is 87.4 Å². The van der Waals surface area contributed by atoms with E-state index in [1.165, 1.54) is 58.8 Å². The summed E-state index contributed by atoms with van der Waals surface area (Å²) in [6.45, 7) is 10.3. The van der Waals surface area contributed by atoms with E-state index in [9.17, 15) is 31.0 Å². The monoisotopic (exact) mass is 971 g/mol. The summed E-state index contributed by atoms with van der Waals surface area (Å²) in [5.41, 5.74) is 2.55. The van der Waals surface area contributed by atoms with Gasteiger partial charge in [-0.1, -0.05) is 17.8 Å². The Labute approximate surface area is 387 Å². The van der Waals surface area contributed by atoms with Gasteiger partial charge in [0.25, 0.3) is 20.2 Å². The molecule has 5 rings (SSSR count). The molecule has 0 bridgehead atoms. The molecule has 0 saturated carbocycles. The van der Waals surface area contributed by atoms with Crippen LogP contribution in [0.5, 0.6) is 17.2 Å². The quantitative estimate of drug-likeness (QED) is 0.0271. The Kier molecular flexibility index (Phi) is 17.8. The Bertz CT molecular complexity index is 2700. The fourth-order valence-corrected chi connectivity index (χ4v) is 8.24. The minimum absolute atomic E-state index is 0.00353. The standard InChI is InChI=1S/C41H53N11O11S3/c1-9-51(10-2)33-21-27(29(23-37(33)62-7)47-49-31-19-25(65(54,55)56)13-15-35(31)60-5)42-39-44-40(46-41(45-39)64-18-17-53)43-28-22-34(52(11-3)12-4)38(63-8)24-30(28)48-50-32-20-26(66(57,58)59)14-16-36(32)61-6/h13-16,19-24,31,35,53H,9-12,17-18H2,1-8H3,(H,54,55,56)(H,57,58,59)(H2,42,43,44,45,46)/b49-47+,50-48+. The number of methoxy groups -OCH3 is 4. The summed E-state index contributed by atoms with van der Waals surface area (Å²) in [5, 5.41) is 34.2. The van der Waals surface area contributed by atoms with Gasteiger partial charge in [0.15, 0.2) is 5.16 Å². The summed E-state index contributed by atoms with van der Waals surface area (Å²) in [4.78, 5) is 17.3. The molecule has 1 aliphatic rings. The van der Waals surface area contributed by atoms with Crippen molar-refractivity contribution in [1.82, 2.24) is 15.0 Å². The van der Waals surface area contributed by atoms with Crippen molar-refractivity contribution in [2.45, 2.75) is 49.9 Å². The second kappa shape index (κ2) is 23.0. The van der Waals surface area contributed by atoms with Crippen molar-refractivity contribution in [3.8, 4) is 17.2 Å². The highest BCUT2D eigenvalue weighted by atomic mass is 32.2. The van der Waals surface area contributed by atoms with E-state index in [0.717, 1.165) is 17.8 Å². The van der Waals surface area contributed by atoms with Crippen LogP contribution < -0.4 is 34.6 Å². The number of aliphatic hydroxyl groups is 1. The Morgan fingerprint density at radius 2 is 1.23 bits per heavy atom. The van der Waals surface area contributed by atoms with E-state index in [2.05, 4.69) is 50.9 Å². The molecule has 1 heterocycles. The maximum Gasteiger partial charge on any atom is 0.294 e. The Morgan fingerprint density at radius 1 is 0.697 bits per heavy atom. The van der Waals surface area contributed by atoms with Crippen LogP contribution in [0.4, 0.5) is 51.7 Å². The molecule has 0 saturated heterocycles. The number of nitrogens with zero attached hydrogens (tertiary/aromatic N) is 9. The molecular formula is C41H53N11O11S3. The van der Waals surface area contributed by atoms with Crippen molar-refractivity contribution < 1.29 is 50.0 Å². The third-order valence-corrected chi connectivity index (χ3v) is 12.5. The number of azo groups is 2. The van der Waals surface area contributed by atoms with Gasteiger partial charge in [-0.2, -0.15) is 42.0 Å². The van der Waals surface area contributed by atoms with Crippen molar-refractivity contribution in [2.24, 2.45) is 20.5 Å². The molecule has 22 nitrogen and oxygen atoms in total.